The van der Waals surface area contributed by atoms with Crippen molar-refractivity contribution in [3.8, 4) is 0 Å². The monoisotopic (exact) mass is 308 g/mol. The average molecular weight is 308 g/mol. The Morgan fingerprint density at radius 3 is 2.37 bits per heavy atom. The van der Waals surface area contributed by atoms with Crippen LogP contribution in [0.15, 0.2) is 29.2 Å². The van der Waals surface area contributed by atoms with Gasteiger partial charge in [0.05, 0.1) is 4.90 Å². The van der Waals surface area contributed by atoms with Gasteiger partial charge in [0.25, 0.3) is 10.0 Å². The number of carbonyl (C=O) groups is 1. The molecule has 1 rings (SSSR count). The summed E-state index contributed by atoms with van der Waals surface area (Å²) in [5, 5.41) is 0. The minimum absolute atomic E-state index is 0.0337. The van der Waals surface area contributed by atoms with E-state index >= 15 is 0 Å². The number of sulfonamides is 1. The maximum absolute atomic E-state index is 12.1. The molecule has 0 aliphatic rings. The van der Waals surface area contributed by atoms with E-state index in [4.69, 9.17) is 5.73 Å². The number of carbonyl (C=O) groups excluding carboxylic acids is 1. The van der Waals surface area contributed by atoms with Crippen molar-refractivity contribution >= 4 is 16.1 Å². The number of hydrogen-bond donors (Lipinski definition) is 2. The van der Waals surface area contributed by atoms with E-state index in [1.54, 1.807) is 0 Å². The van der Waals surface area contributed by atoms with Crippen LogP contribution in [-0.2, 0) is 16.4 Å². The normalized spacial score (nSPS) is 12.2. The van der Waals surface area contributed by atoms with Gasteiger partial charge in [0, 0.05) is 6.42 Å². The number of nitrogens with one attached hydrogen (secondary N) is 1. The summed E-state index contributed by atoms with van der Waals surface area (Å²) in [5.41, 5.74) is 4.67. The highest BCUT2D eigenvalue weighted by Gasteiger charge is 2.28. The van der Waals surface area contributed by atoms with Crippen LogP contribution in [0.5, 0.6) is 0 Å². The summed E-state index contributed by atoms with van der Waals surface area (Å²) in [7, 11) is -4.25. The number of amides is 2. The lowest BCUT2D eigenvalue weighted by Gasteiger charge is -2.11. The molecule has 0 aliphatic carbocycles. The zero-order valence-corrected chi connectivity index (χ0v) is 10.4. The smallest absolute Gasteiger partial charge is 0.351 e. The van der Waals surface area contributed by atoms with Gasteiger partial charge in [-0.15, -0.1) is 0 Å². The Morgan fingerprint density at radius 1 is 1.26 bits per heavy atom. The van der Waals surface area contributed by atoms with E-state index in [1.165, 1.54) is 22.9 Å². The van der Waals surface area contributed by atoms with Crippen molar-refractivity contribution in [2.24, 2.45) is 5.73 Å². The molecule has 19 heavy (non-hydrogen) atoms. The number of primary amides is 1. The third-order valence-corrected chi connectivity index (χ3v) is 3.62. The first-order chi connectivity index (χ1) is 8.62. The van der Waals surface area contributed by atoms with E-state index in [0.717, 1.165) is 6.07 Å². The Bertz CT molecular complexity index is 570. The lowest BCUT2D eigenvalue weighted by atomic mass is 10.4. The molecule has 9 heteroatoms. The first-order valence-corrected chi connectivity index (χ1v) is 6.57. The zero-order chi connectivity index (χ0) is 14.7. The molecular weight excluding hydrogens is 297 g/mol. The van der Waals surface area contributed by atoms with E-state index in [9.17, 15) is 26.4 Å². The predicted molar refractivity (Wildman–Crippen MR) is 60.7 cm³/mol. The second kappa shape index (κ2) is 5.47. The van der Waals surface area contributed by atoms with Crippen LogP contribution >= 0.6 is 0 Å². The Balaban J connectivity index is 3.06. The maximum Gasteiger partial charge on any atom is 0.389 e. The van der Waals surface area contributed by atoms with E-state index in [2.05, 4.69) is 0 Å². The molecule has 0 saturated carbocycles. The fourth-order valence-electron chi connectivity index (χ4n) is 1.44. The van der Waals surface area contributed by atoms with Crippen molar-refractivity contribution in [1.29, 1.82) is 0 Å². The van der Waals surface area contributed by atoms with Gasteiger partial charge in [-0.3, -0.25) is 0 Å². The lowest BCUT2D eigenvalue weighted by Crippen LogP contribution is -2.35. The Morgan fingerprint density at radius 2 is 1.84 bits per heavy atom. The number of benzene rings is 1. The second-order valence-corrected chi connectivity index (χ2v) is 5.34. The van der Waals surface area contributed by atoms with Crippen LogP contribution in [0.2, 0.25) is 0 Å². The molecule has 0 spiro atoms. The van der Waals surface area contributed by atoms with Gasteiger partial charge in [-0.1, -0.05) is 18.2 Å². The van der Waals surface area contributed by atoms with Gasteiger partial charge < -0.3 is 5.73 Å². The van der Waals surface area contributed by atoms with Crippen molar-refractivity contribution in [3.63, 3.8) is 0 Å². The van der Waals surface area contributed by atoms with E-state index in [0.29, 0.717) is 0 Å². The van der Waals surface area contributed by atoms with E-state index in [1.807, 2.05) is 0 Å². The first kappa shape index (κ1) is 15.3. The van der Waals surface area contributed by atoms with Crippen molar-refractivity contribution in [2.75, 3.05) is 0 Å². The van der Waals surface area contributed by atoms with Gasteiger partial charge in [-0.2, -0.15) is 13.2 Å². The molecule has 5 nitrogen and oxygen atoms in total. The molecule has 1 aromatic carbocycles. The molecule has 3 N–H and O–H groups in total. The van der Waals surface area contributed by atoms with Crippen LogP contribution in [0.1, 0.15) is 12.0 Å². The molecule has 0 fully saturated rings. The van der Waals surface area contributed by atoms with Gasteiger partial charge in [-0.05, 0) is 18.1 Å². The molecule has 2 amide bonds. The van der Waals surface area contributed by atoms with Gasteiger partial charge in [0.1, 0.15) is 0 Å². The van der Waals surface area contributed by atoms with E-state index in [-0.39, 0.29) is 5.56 Å². The van der Waals surface area contributed by atoms with Gasteiger partial charge >= 0.3 is 12.2 Å². The van der Waals surface area contributed by atoms with Crippen LogP contribution in [0, 0.1) is 0 Å². The average Bonchev–Trinajstić information content (AvgIpc) is 2.24. The summed E-state index contributed by atoms with van der Waals surface area (Å²) < 4.78 is 61.3. The second-order valence-electron chi connectivity index (χ2n) is 3.69. The summed E-state index contributed by atoms with van der Waals surface area (Å²) in [6, 6.07) is 3.81. The Labute approximate surface area is 107 Å². The quantitative estimate of drug-likeness (QED) is 0.884. The highest BCUT2D eigenvalue weighted by Crippen LogP contribution is 2.24. The molecule has 0 bridgehead atoms. The number of alkyl halides is 3. The lowest BCUT2D eigenvalue weighted by molar-refractivity contribution is -0.134. The number of halogens is 3. The van der Waals surface area contributed by atoms with Crippen LogP contribution in [0.3, 0.4) is 0 Å². The van der Waals surface area contributed by atoms with Crippen LogP contribution < -0.4 is 10.5 Å². The summed E-state index contributed by atoms with van der Waals surface area (Å²) in [6.45, 7) is 0. The topological polar surface area (TPSA) is 89.3 Å². The third-order valence-electron chi connectivity index (χ3n) is 2.17. The fourth-order valence-corrected chi connectivity index (χ4v) is 2.58. The molecule has 0 aromatic heterocycles. The molecule has 0 heterocycles. The Hall–Kier alpha value is -1.77. The van der Waals surface area contributed by atoms with Crippen molar-refractivity contribution in [3.05, 3.63) is 29.8 Å². The highest BCUT2D eigenvalue weighted by atomic mass is 32.2. The minimum atomic E-state index is -4.39. The summed E-state index contributed by atoms with van der Waals surface area (Å²) >= 11 is 0. The molecule has 0 unspecified atom stereocenters. The van der Waals surface area contributed by atoms with Gasteiger partial charge in [0.2, 0.25) is 0 Å². The molecule has 0 atom stereocenters. The van der Waals surface area contributed by atoms with Gasteiger partial charge in [-0.25, -0.2) is 17.9 Å². The molecular formula is C10H11F3N2O3S. The number of urea groups is 1. The SMILES string of the molecule is NC(=O)NS(=O)(=O)[14c]1[14cH][14cH][14cH][14cH][14c]1CCC(F)(F)F. The maximum atomic E-state index is 12.1. The summed E-state index contributed by atoms with van der Waals surface area (Å²) in [4.78, 5) is 10.2. The molecule has 106 valence electrons. The standard InChI is InChI=1S/C10H11F3N2O3S/c11-10(12,13)6-5-7-3-1-2-4-8(7)19(17,18)15-9(14)16/h1-4H,5-6H2,(H3,14,15,16)/i1+2,2+2,3+2,4+2,7+2,8+2. The third kappa shape index (κ3) is 4.78. The number of rotatable bonds is 4. The van der Waals surface area contributed by atoms with Gasteiger partial charge in [0.15, 0.2) is 0 Å². The number of nitrogens with two attached hydrogens (primary N) is 1. The Kier molecular flexibility index (Phi) is 4.40. The largest absolute Gasteiger partial charge is 0.389 e. The summed E-state index contributed by atoms with van der Waals surface area (Å²) in [6.07, 6.45) is -6.05. The molecule has 0 radical (unpaired) electrons. The fraction of sp³-hybridized carbons (Fsp3) is 0.300. The van der Waals surface area contributed by atoms with E-state index < -0.39 is 40.0 Å². The first-order valence-electron chi connectivity index (χ1n) is 5.09. The van der Waals surface area contributed by atoms with Crippen LogP contribution in [0.25, 0.3) is 0 Å². The van der Waals surface area contributed by atoms with Crippen LogP contribution in [0.4, 0.5) is 18.0 Å². The molecule has 1 aromatic rings. The number of aryl methyl sites for hydroxylation is 1. The van der Waals surface area contributed by atoms with Crippen molar-refractivity contribution in [1.82, 2.24) is 4.72 Å². The van der Waals surface area contributed by atoms with Crippen molar-refractivity contribution in [2.45, 2.75) is 23.9 Å². The van der Waals surface area contributed by atoms with Crippen LogP contribution in [-0.4, -0.2) is 20.6 Å². The zero-order valence-electron chi connectivity index (χ0n) is 9.57. The highest BCUT2D eigenvalue weighted by molar-refractivity contribution is 7.90. The number of hydrogen-bond acceptors (Lipinski definition) is 3. The predicted octanol–water partition coefficient (Wildman–Crippen LogP) is 1.54. The molecule has 0 aliphatic heterocycles. The molecule has 0 saturated heterocycles. The summed E-state index contributed by atoms with van der Waals surface area (Å²) in [5.74, 6) is 0. The minimum Gasteiger partial charge on any atom is -0.351 e. The van der Waals surface area contributed by atoms with Crippen molar-refractivity contribution < 1.29 is 26.4 Å².